The molecule has 2 amide bonds. The van der Waals surface area contributed by atoms with Gasteiger partial charge in [-0.05, 0) is 51.1 Å². The van der Waals surface area contributed by atoms with Crippen molar-refractivity contribution >= 4 is 28.8 Å². The normalized spacial score (nSPS) is 10.7. The van der Waals surface area contributed by atoms with Crippen molar-refractivity contribution < 1.29 is 9.59 Å². The molecular weight excluding hydrogens is 324 g/mol. The molecule has 2 rings (SSSR count). The number of nitrogens with zero attached hydrogens (tertiary/aromatic N) is 1. The largest absolute Gasteiger partial charge is 0.350 e. The van der Waals surface area contributed by atoms with Crippen LogP contribution >= 0.6 is 11.3 Å². The van der Waals surface area contributed by atoms with Crippen molar-refractivity contribution in [3.05, 3.63) is 45.4 Å². The Morgan fingerprint density at radius 3 is 2.67 bits per heavy atom. The zero-order chi connectivity index (χ0) is 17.7. The monoisotopic (exact) mass is 346 g/mol. The van der Waals surface area contributed by atoms with Crippen LogP contribution in [-0.4, -0.2) is 29.4 Å². The number of thiazole rings is 1. The predicted molar refractivity (Wildman–Crippen MR) is 96.6 cm³/mol. The van der Waals surface area contributed by atoms with E-state index >= 15 is 0 Å². The van der Waals surface area contributed by atoms with E-state index in [1.165, 1.54) is 11.3 Å². The number of aryl methyl sites for hydroxylation is 1. The zero-order valence-corrected chi connectivity index (χ0v) is 14.9. The van der Waals surface area contributed by atoms with E-state index in [0.29, 0.717) is 29.9 Å². The predicted octanol–water partition coefficient (Wildman–Crippen LogP) is 2.34. The van der Waals surface area contributed by atoms with Crippen molar-refractivity contribution in [2.24, 2.45) is 5.73 Å². The fourth-order valence-corrected chi connectivity index (χ4v) is 2.92. The highest BCUT2D eigenvalue weighted by Crippen LogP contribution is 2.18. The quantitative estimate of drug-likeness (QED) is 0.748. The summed E-state index contributed by atoms with van der Waals surface area (Å²) < 4.78 is 0. The van der Waals surface area contributed by atoms with Crippen molar-refractivity contribution in [2.75, 3.05) is 11.9 Å². The molecule has 0 unspecified atom stereocenters. The van der Waals surface area contributed by atoms with E-state index in [-0.39, 0.29) is 17.9 Å². The molecule has 1 aromatic carbocycles. The Morgan fingerprint density at radius 1 is 1.29 bits per heavy atom. The van der Waals surface area contributed by atoms with E-state index < -0.39 is 0 Å². The van der Waals surface area contributed by atoms with Gasteiger partial charge in [-0.2, -0.15) is 0 Å². The molecule has 0 atom stereocenters. The van der Waals surface area contributed by atoms with Gasteiger partial charge in [-0.25, -0.2) is 4.98 Å². The summed E-state index contributed by atoms with van der Waals surface area (Å²) in [5.74, 6) is -0.395. The Kier molecular flexibility index (Phi) is 6.05. The summed E-state index contributed by atoms with van der Waals surface area (Å²) in [5, 5.41) is 8.24. The molecule has 0 fully saturated rings. The summed E-state index contributed by atoms with van der Waals surface area (Å²) in [4.78, 5) is 28.5. The first kappa shape index (κ1) is 18.1. The van der Waals surface area contributed by atoms with Gasteiger partial charge in [0.1, 0.15) is 5.69 Å². The zero-order valence-electron chi connectivity index (χ0n) is 14.1. The lowest BCUT2D eigenvalue weighted by Crippen LogP contribution is -2.30. The Labute approximate surface area is 145 Å². The topological polar surface area (TPSA) is 97.1 Å². The Hall–Kier alpha value is -2.25. The van der Waals surface area contributed by atoms with Gasteiger partial charge >= 0.3 is 0 Å². The molecule has 0 saturated carbocycles. The lowest BCUT2D eigenvalue weighted by atomic mass is 10.1. The number of rotatable bonds is 6. The van der Waals surface area contributed by atoms with Crippen LogP contribution in [0, 0.1) is 6.92 Å². The second kappa shape index (κ2) is 8.03. The van der Waals surface area contributed by atoms with Gasteiger partial charge < -0.3 is 16.4 Å². The minimum atomic E-state index is -0.267. The Morgan fingerprint density at radius 2 is 2.04 bits per heavy atom. The van der Waals surface area contributed by atoms with Crippen LogP contribution < -0.4 is 16.4 Å². The number of benzene rings is 1. The van der Waals surface area contributed by atoms with Crippen molar-refractivity contribution in [3.63, 3.8) is 0 Å². The molecule has 6 nitrogen and oxygen atoms in total. The van der Waals surface area contributed by atoms with E-state index in [2.05, 4.69) is 15.6 Å². The summed E-state index contributed by atoms with van der Waals surface area (Å²) in [6.45, 7) is 6.18. The molecule has 128 valence electrons. The number of anilines is 1. The van der Waals surface area contributed by atoms with Gasteiger partial charge in [-0.1, -0.05) is 0 Å². The molecule has 7 heteroatoms. The molecule has 1 heterocycles. The molecule has 24 heavy (non-hydrogen) atoms. The van der Waals surface area contributed by atoms with Crippen LogP contribution in [0.25, 0.3) is 0 Å². The first-order chi connectivity index (χ1) is 11.4. The maximum atomic E-state index is 12.3. The summed E-state index contributed by atoms with van der Waals surface area (Å²) in [6, 6.07) is 5.26. The molecule has 2 aromatic rings. The highest BCUT2D eigenvalue weighted by atomic mass is 32.1. The number of hydrogen-bond donors (Lipinski definition) is 3. The van der Waals surface area contributed by atoms with Gasteiger partial charge in [-0.15, -0.1) is 11.3 Å². The summed E-state index contributed by atoms with van der Waals surface area (Å²) in [6.07, 6.45) is 0.663. The number of carbonyl (C=O) groups is 2. The molecule has 4 N–H and O–H groups in total. The van der Waals surface area contributed by atoms with Crippen LogP contribution in [0.2, 0.25) is 0 Å². The van der Waals surface area contributed by atoms with Crippen molar-refractivity contribution in [1.29, 1.82) is 0 Å². The second-order valence-electron chi connectivity index (χ2n) is 5.78. The first-order valence-electron chi connectivity index (χ1n) is 7.78. The van der Waals surface area contributed by atoms with Crippen molar-refractivity contribution in [1.82, 2.24) is 10.3 Å². The van der Waals surface area contributed by atoms with Gasteiger partial charge in [0, 0.05) is 29.1 Å². The minimum Gasteiger partial charge on any atom is -0.350 e. The lowest BCUT2D eigenvalue weighted by Gasteiger charge is -2.11. The van der Waals surface area contributed by atoms with Crippen molar-refractivity contribution in [2.45, 2.75) is 33.2 Å². The third kappa shape index (κ3) is 4.62. The average Bonchev–Trinajstić information content (AvgIpc) is 2.97. The summed E-state index contributed by atoms with van der Waals surface area (Å²) >= 11 is 1.42. The molecular formula is C17H22N4O2S. The molecule has 0 radical (unpaired) electrons. The summed E-state index contributed by atoms with van der Waals surface area (Å²) in [5.41, 5.74) is 7.92. The van der Waals surface area contributed by atoms with Crippen LogP contribution in [0.15, 0.2) is 23.6 Å². The molecule has 0 saturated heterocycles. The summed E-state index contributed by atoms with van der Waals surface area (Å²) in [7, 11) is 0. The number of hydrogen-bond acceptors (Lipinski definition) is 5. The number of aromatic nitrogens is 1. The number of nitrogens with one attached hydrogen (secondary N) is 2. The smallest absolute Gasteiger partial charge is 0.275 e. The van der Waals surface area contributed by atoms with Gasteiger partial charge in [0.2, 0.25) is 0 Å². The van der Waals surface area contributed by atoms with Gasteiger partial charge in [0.25, 0.3) is 11.8 Å². The fraction of sp³-hybridized carbons (Fsp3) is 0.353. The number of carbonyl (C=O) groups excluding carboxylic acids is 2. The van der Waals surface area contributed by atoms with E-state index in [0.717, 1.165) is 10.6 Å². The maximum absolute atomic E-state index is 12.3. The maximum Gasteiger partial charge on any atom is 0.275 e. The minimum absolute atomic E-state index is 0.0737. The van der Waals surface area contributed by atoms with Crippen LogP contribution in [0.1, 0.15) is 45.3 Å². The number of nitrogens with two attached hydrogens (primary N) is 1. The van der Waals surface area contributed by atoms with Gasteiger partial charge in [0.15, 0.2) is 0 Å². The second-order valence-corrected chi connectivity index (χ2v) is 6.72. The standard InChI is InChI=1S/C17H22N4O2S/c1-10(2)19-16(22)12-4-5-13(11(3)8-12)21-17(23)14-9-24-15(20-14)6-7-18/h4-5,8-10H,6-7,18H2,1-3H3,(H,19,22)(H,21,23). The third-order valence-corrected chi connectivity index (χ3v) is 4.21. The fourth-order valence-electron chi connectivity index (χ4n) is 2.13. The van der Waals surface area contributed by atoms with Crippen LogP contribution in [-0.2, 0) is 6.42 Å². The molecule has 1 aromatic heterocycles. The number of amides is 2. The average molecular weight is 346 g/mol. The molecule has 0 spiro atoms. The van der Waals surface area contributed by atoms with E-state index in [1.807, 2.05) is 20.8 Å². The van der Waals surface area contributed by atoms with Crippen LogP contribution in [0.3, 0.4) is 0 Å². The highest BCUT2D eigenvalue weighted by Gasteiger charge is 2.13. The Bertz CT molecular complexity index is 740. The molecule has 0 aliphatic heterocycles. The first-order valence-corrected chi connectivity index (χ1v) is 8.66. The lowest BCUT2D eigenvalue weighted by molar-refractivity contribution is 0.0942. The van der Waals surface area contributed by atoms with Crippen LogP contribution in [0.4, 0.5) is 5.69 Å². The van der Waals surface area contributed by atoms with E-state index in [4.69, 9.17) is 5.73 Å². The van der Waals surface area contributed by atoms with Crippen molar-refractivity contribution in [3.8, 4) is 0 Å². The van der Waals surface area contributed by atoms with E-state index in [1.54, 1.807) is 23.6 Å². The molecule has 0 aliphatic rings. The molecule has 0 aliphatic carbocycles. The van der Waals surface area contributed by atoms with Crippen LogP contribution in [0.5, 0.6) is 0 Å². The molecule has 0 bridgehead atoms. The highest BCUT2D eigenvalue weighted by molar-refractivity contribution is 7.09. The SMILES string of the molecule is Cc1cc(C(=O)NC(C)C)ccc1NC(=O)c1csc(CCN)n1. The van der Waals surface area contributed by atoms with Gasteiger partial charge in [0.05, 0.1) is 5.01 Å². The van der Waals surface area contributed by atoms with E-state index in [9.17, 15) is 9.59 Å². The third-order valence-electron chi connectivity index (χ3n) is 3.30. The van der Waals surface area contributed by atoms with Gasteiger partial charge in [-0.3, -0.25) is 9.59 Å². The Balaban J connectivity index is 2.09.